The monoisotopic (exact) mass is 331 g/mol. The molecular formula is C18H22BrN. The molecule has 0 spiro atoms. The first-order valence-corrected chi connectivity index (χ1v) is 8.12. The second-order valence-corrected chi connectivity index (χ2v) is 6.14. The molecule has 0 saturated carbocycles. The highest BCUT2D eigenvalue weighted by Crippen LogP contribution is 2.23. The van der Waals surface area contributed by atoms with Crippen molar-refractivity contribution in [2.24, 2.45) is 0 Å². The number of aryl methyl sites for hydroxylation is 2. The van der Waals surface area contributed by atoms with Crippen molar-refractivity contribution in [3.63, 3.8) is 0 Å². The van der Waals surface area contributed by atoms with Gasteiger partial charge in [0.1, 0.15) is 0 Å². The van der Waals surface area contributed by atoms with Gasteiger partial charge >= 0.3 is 0 Å². The molecular weight excluding hydrogens is 310 g/mol. The number of halogens is 1. The van der Waals surface area contributed by atoms with Crippen molar-refractivity contribution in [2.45, 2.75) is 19.8 Å². The van der Waals surface area contributed by atoms with Crippen LogP contribution in [-0.2, 0) is 0 Å². The minimum absolute atomic E-state index is 0.502. The Kier molecular flexibility index (Phi) is 5.24. The maximum Gasteiger partial charge on any atom is 0.0369 e. The van der Waals surface area contributed by atoms with E-state index in [1.165, 1.54) is 22.4 Å². The van der Waals surface area contributed by atoms with Crippen molar-refractivity contribution in [1.82, 2.24) is 0 Å². The lowest BCUT2D eigenvalue weighted by molar-refractivity contribution is 0.746. The Morgan fingerprint density at radius 1 is 1.00 bits per heavy atom. The van der Waals surface area contributed by atoms with Crippen molar-refractivity contribution in [2.75, 3.05) is 23.8 Å². The maximum absolute atomic E-state index is 3.66. The van der Waals surface area contributed by atoms with Gasteiger partial charge in [-0.15, -0.1) is 0 Å². The first-order chi connectivity index (χ1) is 9.60. The average Bonchev–Trinajstić information content (AvgIpc) is 2.44. The Labute approximate surface area is 130 Å². The summed E-state index contributed by atoms with van der Waals surface area (Å²) in [5.41, 5.74) is 5.33. The molecule has 0 fully saturated rings. The summed E-state index contributed by atoms with van der Waals surface area (Å²) in [4.78, 5) is 2.35. The standard InChI is InChI=1S/C18H22BrN/c1-14-9-15(2)11-18(10-14)20(3)13-17(12-19)16-7-5-4-6-8-16/h4-11,17H,12-13H2,1-3H3. The highest BCUT2D eigenvalue weighted by molar-refractivity contribution is 9.09. The number of rotatable bonds is 5. The number of benzene rings is 2. The van der Waals surface area contributed by atoms with Crippen molar-refractivity contribution in [3.8, 4) is 0 Å². The largest absolute Gasteiger partial charge is 0.374 e. The van der Waals surface area contributed by atoms with Gasteiger partial charge in [-0.05, 0) is 42.7 Å². The summed E-state index contributed by atoms with van der Waals surface area (Å²) in [5, 5.41) is 0.978. The molecule has 0 aliphatic rings. The average molecular weight is 332 g/mol. The molecule has 0 amide bonds. The molecule has 2 aromatic rings. The van der Waals surface area contributed by atoms with E-state index in [1.807, 2.05) is 0 Å². The van der Waals surface area contributed by atoms with Crippen molar-refractivity contribution in [3.05, 3.63) is 65.2 Å². The van der Waals surface area contributed by atoms with Crippen molar-refractivity contribution >= 4 is 21.6 Å². The fourth-order valence-electron chi connectivity index (χ4n) is 2.58. The zero-order valence-electron chi connectivity index (χ0n) is 12.4. The Morgan fingerprint density at radius 2 is 1.60 bits per heavy atom. The Bertz CT molecular complexity index is 530. The van der Waals surface area contributed by atoms with Crippen LogP contribution in [0.15, 0.2) is 48.5 Å². The lowest BCUT2D eigenvalue weighted by Gasteiger charge is -2.25. The lowest BCUT2D eigenvalue weighted by Crippen LogP contribution is -2.25. The summed E-state index contributed by atoms with van der Waals surface area (Å²) in [6.45, 7) is 5.32. The number of likely N-dealkylation sites (N-methyl/N-ethyl adjacent to an activating group) is 1. The summed E-state index contributed by atoms with van der Waals surface area (Å²) in [7, 11) is 2.17. The normalized spacial score (nSPS) is 12.2. The third-order valence-electron chi connectivity index (χ3n) is 3.60. The number of anilines is 1. The van der Waals surface area contributed by atoms with Crippen LogP contribution in [-0.4, -0.2) is 18.9 Å². The molecule has 1 nitrogen and oxygen atoms in total. The van der Waals surface area contributed by atoms with Crippen LogP contribution in [0.1, 0.15) is 22.6 Å². The van der Waals surface area contributed by atoms with E-state index < -0.39 is 0 Å². The van der Waals surface area contributed by atoms with Crippen molar-refractivity contribution in [1.29, 1.82) is 0 Å². The minimum atomic E-state index is 0.502. The molecule has 0 heterocycles. The van der Waals surface area contributed by atoms with Crippen LogP contribution < -0.4 is 4.90 Å². The topological polar surface area (TPSA) is 3.24 Å². The molecule has 20 heavy (non-hydrogen) atoms. The first-order valence-electron chi connectivity index (χ1n) is 7.00. The molecule has 0 bridgehead atoms. The molecule has 0 aliphatic heterocycles. The van der Waals surface area contributed by atoms with E-state index in [9.17, 15) is 0 Å². The van der Waals surface area contributed by atoms with Crippen LogP contribution >= 0.6 is 15.9 Å². The first kappa shape index (κ1) is 15.1. The van der Waals surface area contributed by atoms with Crippen LogP contribution in [0.4, 0.5) is 5.69 Å². The van der Waals surface area contributed by atoms with E-state index in [4.69, 9.17) is 0 Å². The summed E-state index contributed by atoms with van der Waals surface area (Å²) in [5.74, 6) is 0.502. The van der Waals surface area contributed by atoms with Crippen LogP contribution in [0, 0.1) is 13.8 Å². The second-order valence-electron chi connectivity index (χ2n) is 5.49. The van der Waals surface area contributed by atoms with E-state index in [2.05, 4.69) is 90.3 Å². The maximum atomic E-state index is 3.66. The molecule has 2 heteroatoms. The van der Waals surface area contributed by atoms with Gasteiger partial charge in [-0.25, -0.2) is 0 Å². The third-order valence-corrected chi connectivity index (χ3v) is 4.38. The van der Waals surface area contributed by atoms with Gasteiger partial charge in [0.2, 0.25) is 0 Å². The summed E-state index contributed by atoms with van der Waals surface area (Å²) < 4.78 is 0. The van der Waals surface area contributed by atoms with Crippen LogP contribution in [0.3, 0.4) is 0 Å². The SMILES string of the molecule is Cc1cc(C)cc(N(C)CC(CBr)c2ccccc2)c1. The molecule has 1 atom stereocenters. The quantitative estimate of drug-likeness (QED) is 0.703. The zero-order chi connectivity index (χ0) is 14.5. The minimum Gasteiger partial charge on any atom is -0.374 e. The molecule has 1 unspecified atom stereocenters. The lowest BCUT2D eigenvalue weighted by atomic mass is 10.0. The van der Waals surface area contributed by atoms with E-state index in [1.54, 1.807) is 0 Å². The van der Waals surface area contributed by atoms with Gasteiger partial charge in [0.25, 0.3) is 0 Å². The molecule has 2 rings (SSSR count). The fourth-order valence-corrected chi connectivity index (χ4v) is 3.15. The number of alkyl halides is 1. The smallest absolute Gasteiger partial charge is 0.0369 e. The van der Waals surface area contributed by atoms with E-state index in [0.29, 0.717) is 5.92 Å². The summed E-state index contributed by atoms with van der Waals surface area (Å²) in [6, 6.07) is 17.4. The number of hydrogen-bond donors (Lipinski definition) is 0. The van der Waals surface area contributed by atoms with Crippen LogP contribution in [0.25, 0.3) is 0 Å². The summed E-state index contributed by atoms with van der Waals surface area (Å²) in [6.07, 6.45) is 0. The molecule has 0 aromatic heterocycles. The van der Waals surface area contributed by atoms with Gasteiger partial charge in [0.15, 0.2) is 0 Å². The van der Waals surface area contributed by atoms with Gasteiger partial charge in [-0.2, -0.15) is 0 Å². The predicted octanol–water partition coefficient (Wildman–Crippen LogP) is 4.92. The number of nitrogens with zero attached hydrogens (tertiary/aromatic N) is 1. The van der Waals surface area contributed by atoms with Gasteiger partial charge in [0.05, 0.1) is 0 Å². The Hall–Kier alpha value is -1.28. The predicted molar refractivity (Wildman–Crippen MR) is 92.2 cm³/mol. The van der Waals surface area contributed by atoms with Crippen LogP contribution in [0.2, 0.25) is 0 Å². The van der Waals surface area contributed by atoms with E-state index in [-0.39, 0.29) is 0 Å². The molecule has 106 valence electrons. The number of hydrogen-bond acceptors (Lipinski definition) is 1. The molecule has 0 saturated heterocycles. The van der Waals surface area contributed by atoms with Gasteiger partial charge < -0.3 is 4.90 Å². The van der Waals surface area contributed by atoms with E-state index >= 15 is 0 Å². The zero-order valence-corrected chi connectivity index (χ0v) is 14.0. The highest BCUT2D eigenvalue weighted by Gasteiger charge is 2.13. The Morgan fingerprint density at radius 3 is 2.15 bits per heavy atom. The third kappa shape index (κ3) is 3.86. The highest BCUT2D eigenvalue weighted by atomic mass is 79.9. The second kappa shape index (κ2) is 6.94. The Balaban J connectivity index is 2.15. The molecule has 2 aromatic carbocycles. The molecule has 0 N–H and O–H groups in total. The van der Waals surface area contributed by atoms with Gasteiger partial charge in [-0.3, -0.25) is 0 Å². The van der Waals surface area contributed by atoms with Crippen molar-refractivity contribution < 1.29 is 0 Å². The van der Waals surface area contributed by atoms with Gasteiger partial charge in [0, 0.05) is 30.5 Å². The fraction of sp³-hybridized carbons (Fsp3) is 0.333. The summed E-state index contributed by atoms with van der Waals surface area (Å²) >= 11 is 3.66. The van der Waals surface area contributed by atoms with E-state index in [0.717, 1.165) is 11.9 Å². The molecule has 0 radical (unpaired) electrons. The van der Waals surface area contributed by atoms with Gasteiger partial charge in [-0.1, -0.05) is 52.3 Å². The molecule has 0 aliphatic carbocycles. The van der Waals surface area contributed by atoms with Crippen LogP contribution in [0.5, 0.6) is 0 Å².